The number of hydrogen-bond donors (Lipinski definition) is 1. The van der Waals surface area contributed by atoms with Crippen LogP contribution in [0.2, 0.25) is 0 Å². The van der Waals surface area contributed by atoms with E-state index >= 15 is 0 Å². The molecule has 5 heteroatoms. The van der Waals surface area contributed by atoms with Gasteiger partial charge in [-0.25, -0.2) is 4.79 Å². The highest BCUT2D eigenvalue weighted by atomic mass is 16.5. The van der Waals surface area contributed by atoms with E-state index in [0.29, 0.717) is 6.61 Å². The zero-order valence-corrected chi connectivity index (χ0v) is 5.42. The quantitative estimate of drug-likeness (QED) is 0.577. The van der Waals surface area contributed by atoms with Crippen LogP contribution >= 0.6 is 0 Å². The van der Waals surface area contributed by atoms with Gasteiger partial charge in [0.1, 0.15) is 0 Å². The summed E-state index contributed by atoms with van der Waals surface area (Å²) in [7, 11) is 0. The Kier molecular flexibility index (Phi) is 1.99. The molecular weight excluding hydrogens is 134 g/mol. The van der Waals surface area contributed by atoms with Crippen LogP contribution in [0.4, 0.5) is 0 Å². The van der Waals surface area contributed by atoms with Crippen molar-refractivity contribution in [3.05, 3.63) is 11.9 Å². The lowest BCUT2D eigenvalue weighted by Gasteiger charge is -1.93. The molecular formula is C5H6N3O2. The van der Waals surface area contributed by atoms with E-state index in [1.807, 2.05) is 0 Å². The molecule has 0 saturated carbocycles. The normalized spacial score (nSPS) is 9.30. The second-order valence-corrected chi connectivity index (χ2v) is 1.50. The molecule has 53 valence electrons. The maximum absolute atomic E-state index is 10.7. The van der Waals surface area contributed by atoms with E-state index in [2.05, 4.69) is 26.3 Å². The number of nitrogens with one attached hydrogen (secondary N) is 1. The Labute approximate surface area is 57.4 Å². The minimum absolute atomic E-state index is 0.0850. The van der Waals surface area contributed by atoms with E-state index in [1.54, 1.807) is 6.92 Å². The van der Waals surface area contributed by atoms with Gasteiger partial charge in [0, 0.05) is 0 Å². The first-order valence-corrected chi connectivity index (χ1v) is 2.80. The highest BCUT2D eigenvalue weighted by molar-refractivity contribution is 5.86. The molecule has 0 fully saturated rings. The van der Waals surface area contributed by atoms with Gasteiger partial charge < -0.3 is 4.74 Å². The molecule has 0 atom stereocenters. The molecule has 5 nitrogen and oxygen atoms in total. The van der Waals surface area contributed by atoms with Gasteiger partial charge in [0.25, 0.3) is 0 Å². The SMILES string of the molecule is CCOC(=O)c1[c]n[nH]n1. The van der Waals surface area contributed by atoms with Crippen LogP contribution in [-0.2, 0) is 4.74 Å². The van der Waals surface area contributed by atoms with Gasteiger partial charge in [-0.2, -0.15) is 10.3 Å². The molecule has 0 saturated heterocycles. The van der Waals surface area contributed by atoms with Crippen molar-refractivity contribution >= 4 is 5.97 Å². The fraction of sp³-hybridized carbons (Fsp3) is 0.400. The van der Waals surface area contributed by atoms with Crippen molar-refractivity contribution in [2.45, 2.75) is 6.92 Å². The summed E-state index contributed by atoms with van der Waals surface area (Å²) in [6.45, 7) is 2.05. The summed E-state index contributed by atoms with van der Waals surface area (Å²) in [6, 6.07) is 0. The third kappa shape index (κ3) is 1.31. The summed E-state index contributed by atoms with van der Waals surface area (Å²) in [5.74, 6) is -0.503. The molecule has 1 N–H and O–H groups in total. The van der Waals surface area contributed by atoms with Crippen molar-refractivity contribution in [3.63, 3.8) is 0 Å². The molecule has 0 bridgehead atoms. The molecule has 1 rings (SSSR count). The van der Waals surface area contributed by atoms with Gasteiger partial charge in [-0.15, -0.1) is 5.10 Å². The Morgan fingerprint density at radius 3 is 3.20 bits per heavy atom. The van der Waals surface area contributed by atoms with Crippen LogP contribution in [0.1, 0.15) is 17.4 Å². The monoisotopic (exact) mass is 140 g/mol. The second kappa shape index (κ2) is 2.95. The van der Waals surface area contributed by atoms with E-state index in [0.717, 1.165) is 0 Å². The fourth-order valence-corrected chi connectivity index (χ4v) is 0.469. The lowest BCUT2D eigenvalue weighted by molar-refractivity contribution is 0.0519. The van der Waals surface area contributed by atoms with Crippen LogP contribution in [0.15, 0.2) is 0 Å². The topological polar surface area (TPSA) is 67.9 Å². The number of rotatable bonds is 2. The zero-order valence-electron chi connectivity index (χ0n) is 5.42. The molecule has 1 heterocycles. The van der Waals surface area contributed by atoms with Gasteiger partial charge in [-0.3, -0.25) is 0 Å². The molecule has 1 aromatic heterocycles. The van der Waals surface area contributed by atoms with Crippen LogP contribution in [0, 0.1) is 6.20 Å². The van der Waals surface area contributed by atoms with Crippen LogP contribution in [0.25, 0.3) is 0 Å². The maximum Gasteiger partial charge on any atom is 0.361 e. The Morgan fingerprint density at radius 2 is 2.70 bits per heavy atom. The Bertz CT molecular complexity index is 207. The van der Waals surface area contributed by atoms with Crippen molar-refractivity contribution in [2.24, 2.45) is 0 Å². The van der Waals surface area contributed by atoms with Crippen molar-refractivity contribution in [1.82, 2.24) is 15.4 Å². The first kappa shape index (κ1) is 6.73. The van der Waals surface area contributed by atoms with Crippen LogP contribution < -0.4 is 0 Å². The maximum atomic E-state index is 10.7. The first-order valence-electron chi connectivity index (χ1n) is 2.80. The van der Waals surface area contributed by atoms with Gasteiger partial charge in [0.15, 0.2) is 11.9 Å². The Hall–Kier alpha value is -1.39. The molecule has 0 unspecified atom stereocenters. The first-order chi connectivity index (χ1) is 4.84. The fourth-order valence-electron chi connectivity index (χ4n) is 0.469. The molecule has 0 aliphatic rings. The number of H-pyrrole nitrogens is 1. The zero-order chi connectivity index (χ0) is 7.40. The number of esters is 1. The van der Waals surface area contributed by atoms with E-state index in [1.165, 1.54) is 0 Å². The Morgan fingerprint density at radius 1 is 1.90 bits per heavy atom. The van der Waals surface area contributed by atoms with E-state index in [9.17, 15) is 4.79 Å². The summed E-state index contributed by atoms with van der Waals surface area (Å²) >= 11 is 0. The lowest BCUT2D eigenvalue weighted by atomic mass is 10.5. The highest BCUT2D eigenvalue weighted by Gasteiger charge is 2.08. The summed E-state index contributed by atoms with van der Waals surface area (Å²) < 4.78 is 4.59. The smallest absolute Gasteiger partial charge is 0.361 e. The number of carbonyl (C=O) groups excluding carboxylic acids is 1. The predicted octanol–water partition coefficient (Wildman–Crippen LogP) is -0.218. The van der Waals surface area contributed by atoms with Crippen LogP contribution in [-0.4, -0.2) is 28.0 Å². The van der Waals surface area contributed by atoms with Gasteiger partial charge in [0.2, 0.25) is 0 Å². The molecule has 1 aromatic rings. The minimum Gasteiger partial charge on any atom is -0.461 e. The highest BCUT2D eigenvalue weighted by Crippen LogP contribution is 1.90. The molecule has 0 aliphatic heterocycles. The second-order valence-electron chi connectivity index (χ2n) is 1.50. The summed E-state index contributed by atoms with van der Waals surface area (Å²) in [6.07, 6.45) is 2.33. The van der Waals surface area contributed by atoms with E-state index in [4.69, 9.17) is 0 Å². The largest absolute Gasteiger partial charge is 0.461 e. The molecule has 0 aromatic carbocycles. The average Bonchev–Trinajstić information content (AvgIpc) is 2.38. The third-order valence-corrected chi connectivity index (χ3v) is 0.842. The number of ether oxygens (including phenoxy) is 1. The summed E-state index contributed by atoms with van der Waals surface area (Å²) in [5.41, 5.74) is 0.0850. The number of aromatic nitrogens is 3. The van der Waals surface area contributed by atoms with Crippen molar-refractivity contribution in [2.75, 3.05) is 6.61 Å². The summed E-state index contributed by atoms with van der Waals surface area (Å²) in [4.78, 5) is 10.7. The van der Waals surface area contributed by atoms with Gasteiger partial charge in [-0.05, 0) is 6.92 Å². The van der Waals surface area contributed by atoms with E-state index in [-0.39, 0.29) is 5.69 Å². The standard InChI is InChI=1S/C5H6N3O2/c1-2-10-5(9)4-3-6-8-7-4/h2H2,1H3,(H,6,7,8). The van der Waals surface area contributed by atoms with Crippen molar-refractivity contribution < 1.29 is 9.53 Å². The summed E-state index contributed by atoms with van der Waals surface area (Å²) in [5, 5.41) is 9.04. The Balaban J connectivity index is 2.59. The lowest BCUT2D eigenvalue weighted by Crippen LogP contribution is -2.04. The van der Waals surface area contributed by atoms with E-state index < -0.39 is 5.97 Å². The minimum atomic E-state index is -0.503. The molecule has 1 radical (unpaired) electrons. The number of hydrogen-bond acceptors (Lipinski definition) is 4. The molecule has 0 amide bonds. The van der Waals surface area contributed by atoms with Crippen LogP contribution in [0.5, 0.6) is 0 Å². The third-order valence-electron chi connectivity index (χ3n) is 0.842. The number of aromatic amines is 1. The molecule has 0 aliphatic carbocycles. The number of nitrogens with zero attached hydrogens (tertiary/aromatic N) is 2. The van der Waals surface area contributed by atoms with Crippen molar-refractivity contribution in [3.8, 4) is 0 Å². The predicted molar refractivity (Wildman–Crippen MR) is 31.2 cm³/mol. The van der Waals surface area contributed by atoms with Crippen LogP contribution in [0.3, 0.4) is 0 Å². The number of carbonyl (C=O) groups is 1. The molecule has 10 heavy (non-hydrogen) atoms. The average molecular weight is 140 g/mol. The van der Waals surface area contributed by atoms with Gasteiger partial charge in [0.05, 0.1) is 6.61 Å². The van der Waals surface area contributed by atoms with Crippen molar-refractivity contribution in [1.29, 1.82) is 0 Å². The molecule has 0 spiro atoms. The van der Waals surface area contributed by atoms with Gasteiger partial charge >= 0.3 is 5.97 Å². The van der Waals surface area contributed by atoms with Gasteiger partial charge in [-0.1, -0.05) is 0 Å².